The summed E-state index contributed by atoms with van der Waals surface area (Å²) >= 11 is 0. The Balaban J connectivity index is 0.00000324. The minimum Gasteiger partial charge on any atom is -0.356 e. The second-order valence-electron chi connectivity index (χ2n) is 4.97. The van der Waals surface area contributed by atoms with Crippen LogP contribution in [0.3, 0.4) is 0 Å². The monoisotopic (exact) mass is 284 g/mol. The third kappa shape index (κ3) is 6.60. The fourth-order valence-corrected chi connectivity index (χ4v) is 1.94. The molecule has 4 heteroatoms. The molecule has 0 heterocycles. The predicted octanol–water partition coefficient (Wildman–Crippen LogP) is 2.39. The zero-order valence-corrected chi connectivity index (χ0v) is 12.6. The molecule has 3 N–H and O–H groups in total. The molecule has 0 saturated carbocycles. The van der Waals surface area contributed by atoms with E-state index >= 15 is 0 Å². The summed E-state index contributed by atoms with van der Waals surface area (Å²) in [6.07, 6.45) is 1.63. The van der Waals surface area contributed by atoms with Gasteiger partial charge in [0.25, 0.3) is 0 Å². The van der Waals surface area contributed by atoms with E-state index < -0.39 is 0 Å². The van der Waals surface area contributed by atoms with Crippen LogP contribution in [0.15, 0.2) is 30.3 Å². The van der Waals surface area contributed by atoms with Gasteiger partial charge in [-0.25, -0.2) is 0 Å². The van der Waals surface area contributed by atoms with Crippen LogP contribution in [0.1, 0.15) is 25.8 Å². The molecule has 0 radical (unpaired) electrons. The van der Waals surface area contributed by atoms with Crippen molar-refractivity contribution in [3.05, 3.63) is 35.9 Å². The summed E-state index contributed by atoms with van der Waals surface area (Å²) < 4.78 is 0. The molecule has 3 nitrogen and oxygen atoms in total. The molecule has 1 amide bonds. The van der Waals surface area contributed by atoms with E-state index in [1.165, 1.54) is 5.56 Å². The smallest absolute Gasteiger partial charge is 0.223 e. The SMILES string of the molecule is CC(C)C(Cc1ccccc1)C(=O)NCCCN.Cl. The van der Waals surface area contributed by atoms with E-state index in [1.807, 2.05) is 18.2 Å². The molecule has 0 saturated heterocycles. The van der Waals surface area contributed by atoms with Crippen molar-refractivity contribution in [1.82, 2.24) is 5.32 Å². The zero-order valence-electron chi connectivity index (χ0n) is 11.8. The Morgan fingerprint density at radius 3 is 2.42 bits per heavy atom. The van der Waals surface area contributed by atoms with Crippen molar-refractivity contribution in [3.8, 4) is 0 Å². The van der Waals surface area contributed by atoms with E-state index in [-0.39, 0.29) is 24.2 Å². The van der Waals surface area contributed by atoms with Gasteiger partial charge in [-0.2, -0.15) is 0 Å². The van der Waals surface area contributed by atoms with Crippen molar-refractivity contribution in [1.29, 1.82) is 0 Å². The molecule has 0 aliphatic carbocycles. The van der Waals surface area contributed by atoms with Crippen LogP contribution in [0.2, 0.25) is 0 Å². The van der Waals surface area contributed by atoms with Crippen LogP contribution >= 0.6 is 12.4 Å². The van der Waals surface area contributed by atoms with Crippen molar-refractivity contribution in [2.45, 2.75) is 26.7 Å². The van der Waals surface area contributed by atoms with Crippen molar-refractivity contribution < 1.29 is 4.79 Å². The number of nitrogens with one attached hydrogen (secondary N) is 1. The standard InChI is InChI=1S/C15H24N2O.ClH/c1-12(2)14(15(18)17-10-6-9-16)11-13-7-4-3-5-8-13;/h3-5,7-8,12,14H,6,9-11,16H2,1-2H3,(H,17,18);1H. The van der Waals surface area contributed by atoms with Gasteiger partial charge in [-0.1, -0.05) is 44.2 Å². The Labute approximate surface area is 122 Å². The number of hydrogen-bond acceptors (Lipinski definition) is 2. The minimum atomic E-state index is 0. The Morgan fingerprint density at radius 2 is 1.89 bits per heavy atom. The van der Waals surface area contributed by atoms with Crippen LogP contribution in [0.25, 0.3) is 0 Å². The fourth-order valence-electron chi connectivity index (χ4n) is 1.94. The van der Waals surface area contributed by atoms with E-state index in [0.717, 1.165) is 12.8 Å². The average molecular weight is 285 g/mol. The van der Waals surface area contributed by atoms with E-state index in [9.17, 15) is 4.79 Å². The van der Waals surface area contributed by atoms with Crippen molar-refractivity contribution >= 4 is 18.3 Å². The number of halogens is 1. The first-order chi connectivity index (χ1) is 8.65. The molecule has 19 heavy (non-hydrogen) atoms. The molecule has 1 aromatic carbocycles. The van der Waals surface area contributed by atoms with Crippen molar-refractivity contribution in [3.63, 3.8) is 0 Å². The largest absolute Gasteiger partial charge is 0.356 e. The lowest BCUT2D eigenvalue weighted by atomic mass is 9.88. The van der Waals surface area contributed by atoms with Gasteiger partial charge >= 0.3 is 0 Å². The van der Waals surface area contributed by atoms with Crippen LogP contribution < -0.4 is 11.1 Å². The number of benzene rings is 1. The Kier molecular flexibility index (Phi) is 9.27. The molecular weight excluding hydrogens is 260 g/mol. The fraction of sp³-hybridized carbons (Fsp3) is 0.533. The molecule has 1 aromatic rings. The van der Waals surface area contributed by atoms with Gasteiger partial charge in [0, 0.05) is 12.5 Å². The highest BCUT2D eigenvalue weighted by atomic mass is 35.5. The zero-order chi connectivity index (χ0) is 13.4. The number of carbonyl (C=O) groups is 1. The molecule has 0 bridgehead atoms. The maximum absolute atomic E-state index is 12.1. The Bertz CT molecular complexity index is 354. The third-order valence-electron chi connectivity index (χ3n) is 3.12. The Hall–Kier alpha value is -1.06. The quantitative estimate of drug-likeness (QED) is 0.756. The van der Waals surface area contributed by atoms with Gasteiger partial charge in [-0.15, -0.1) is 12.4 Å². The summed E-state index contributed by atoms with van der Waals surface area (Å²) in [6.45, 7) is 5.48. The van der Waals surface area contributed by atoms with E-state index in [1.54, 1.807) is 0 Å². The van der Waals surface area contributed by atoms with E-state index in [0.29, 0.717) is 19.0 Å². The number of hydrogen-bond donors (Lipinski definition) is 2. The van der Waals surface area contributed by atoms with Crippen molar-refractivity contribution in [2.24, 2.45) is 17.6 Å². The molecule has 1 rings (SSSR count). The molecule has 108 valence electrons. The topological polar surface area (TPSA) is 55.1 Å². The van der Waals surface area contributed by atoms with Gasteiger partial charge < -0.3 is 11.1 Å². The summed E-state index contributed by atoms with van der Waals surface area (Å²) in [5.74, 6) is 0.510. The lowest BCUT2D eigenvalue weighted by Gasteiger charge is -2.20. The maximum atomic E-state index is 12.1. The van der Waals surface area contributed by atoms with Gasteiger partial charge in [0.1, 0.15) is 0 Å². The molecule has 0 spiro atoms. The predicted molar refractivity (Wildman–Crippen MR) is 82.4 cm³/mol. The second-order valence-corrected chi connectivity index (χ2v) is 4.97. The van der Waals surface area contributed by atoms with Gasteiger partial charge in [0.05, 0.1) is 0 Å². The van der Waals surface area contributed by atoms with Crippen LogP contribution in [-0.4, -0.2) is 19.0 Å². The highest BCUT2D eigenvalue weighted by Gasteiger charge is 2.21. The molecule has 0 aromatic heterocycles. The minimum absolute atomic E-state index is 0. The first kappa shape index (κ1) is 17.9. The number of carbonyl (C=O) groups excluding carboxylic acids is 1. The molecule has 1 atom stereocenters. The first-order valence-corrected chi connectivity index (χ1v) is 6.67. The van der Waals surface area contributed by atoms with Crippen LogP contribution in [-0.2, 0) is 11.2 Å². The normalized spacial score (nSPS) is 11.8. The summed E-state index contributed by atoms with van der Waals surface area (Å²) in [6, 6.07) is 10.2. The Morgan fingerprint density at radius 1 is 1.26 bits per heavy atom. The lowest BCUT2D eigenvalue weighted by molar-refractivity contribution is -0.126. The highest BCUT2D eigenvalue weighted by Crippen LogP contribution is 2.17. The summed E-state index contributed by atoms with van der Waals surface area (Å²) in [4.78, 5) is 12.1. The second kappa shape index (κ2) is 9.82. The van der Waals surface area contributed by atoms with E-state index in [2.05, 4.69) is 31.3 Å². The van der Waals surface area contributed by atoms with Crippen LogP contribution in [0.4, 0.5) is 0 Å². The van der Waals surface area contributed by atoms with Crippen LogP contribution in [0.5, 0.6) is 0 Å². The first-order valence-electron chi connectivity index (χ1n) is 6.67. The summed E-state index contributed by atoms with van der Waals surface area (Å²) in [7, 11) is 0. The maximum Gasteiger partial charge on any atom is 0.223 e. The summed E-state index contributed by atoms with van der Waals surface area (Å²) in [5, 5.41) is 2.97. The van der Waals surface area contributed by atoms with Gasteiger partial charge in [-0.05, 0) is 30.9 Å². The third-order valence-corrected chi connectivity index (χ3v) is 3.12. The molecular formula is C15H25ClN2O. The molecule has 1 unspecified atom stereocenters. The van der Waals surface area contributed by atoms with Crippen LogP contribution in [0, 0.1) is 11.8 Å². The molecule has 0 aliphatic rings. The van der Waals surface area contributed by atoms with Gasteiger partial charge in [0.15, 0.2) is 0 Å². The summed E-state index contributed by atoms with van der Waals surface area (Å²) in [5.41, 5.74) is 6.64. The number of rotatable bonds is 7. The van der Waals surface area contributed by atoms with Crippen molar-refractivity contribution in [2.75, 3.05) is 13.1 Å². The average Bonchev–Trinajstić information content (AvgIpc) is 2.37. The van der Waals surface area contributed by atoms with Gasteiger partial charge in [0.2, 0.25) is 5.91 Å². The number of amides is 1. The lowest BCUT2D eigenvalue weighted by Crippen LogP contribution is -2.36. The van der Waals surface area contributed by atoms with Gasteiger partial charge in [-0.3, -0.25) is 4.79 Å². The highest BCUT2D eigenvalue weighted by molar-refractivity contribution is 5.85. The molecule has 0 fully saturated rings. The number of nitrogens with two attached hydrogens (primary N) is 1. The molecule has 0 aliphatic heterocycles. The van der Waals surface area contributed by atoms with E-state index in [4.69, 9.17) is 5.73 Å².